The van der Waals surface area contributed by atoms with Crippen LogP contribution in [0.2, 0.25) is 0 Å². The fraction of sp³-hybridized carbons (Fsp3) is 0.167. The first-order valence-electron chi connectivity index (χ1n) is 7.42. The van der Waals surface area contributed by atoms with Crippen LogP contribution in [-0.2, 0) is 0 Å². The topological polar surface area (TPSA) is 43.4 Å². The van der Waals surface area contributed by atoms with E-state index in [9.17, 15) is 8.78 Å². The number of aromatic nitrogens is 1. The van der Waals surface area contributed by atoms with E-state index in [1.54, 1.807) is 19.2 Å². The van der Waals surface area contributed by atoms with Gasteiger partial charge in [0.05, 0.1) is 12.5 Å². The molecule has 3 aromatic rings. The number of anilines is 1. The van der Waals surface area contributed by atoms with Gasteiger partial charge in [0.2, 0.25) is 0 Å². The molecule has 0 aliphatic heterocycles. The van der Waals surface area contributed by atoms with E-state index in [0.29, 0.717) is 30.3 Å². The minimum atomic E-state index is -0.553. The molecule has 1 aromatic heterocycles. The van der Waals surface area contributed by atoms with E-state index in [4.69, 9.17) is 9.47 Å². The van der Waals surface area contributed by atoms with Gasteiger partial charge < -0.3 is 14.8 Å². The van der Waals surface area contributed by atoms with Crippen molar-refractivity contribution in [2.24, 2.45) is 0 Å². The molecule has 124 valence electrons. The van der Waals surface area contributed by atoms with E-state index in [1.807, 2.05) is 18.2 Å². The summed E-state index contributed by atoms with van der Waals surface area (Å²) in [5, 5.41) is 3.19. The Balaban J connectivity index is 1.67. The second-order valence-electron chi connectivity index (χ2n) is 5.07. The first-order chi connectivity index (χ1) is 11.7. The maximum Gasteiger partial charge on any atom is 0.149 e. The van der Waals surface area contributed by atoms with Crippen LogP contribution < -0.4 is 14.8 Å². The molecule has 0 radical (unpaired) electrons. The van der Waals surface area contributed by atoms with Crippen LogP contribution in [0.1, 0.15) is 0 Å². The summed E-state index contributed by atoms with van der Waals surface area (Å²) in [4.78, 5) is 3.90. The Hall–Kier alpha value is -2.89. The van der Waals surface area contributed by atoms with E-state index < -0.39 is 11.6 Å². The number of ether oxygens (including phenoxy) is 2. The molecule has 4 nitrogen and oxygen atoms in total. The van der Waals surface area contributed by atoms with E-state index >= 15 is 0 Å². The van der Waals surface area contributed by atoms with Crippen molar-refractivity contribution in [2.75, 3.05) is 25.6 Å². The van der Waals surface area contributed by atoms with Gasteiger partial charge in [-0.3, -0.25) is 4.98 Å². The molecule has 0 saturated heterocycles. The summed E-state index contributed by atoms with van der Waals surface area (Å²) >= 11 is 0. The van der Waals surface area contributed by atoms with E-state index in [0.717, 1.165) is 12.1 Å². The third kappa shape index (κ3) is 3.37. The number of benzene rings is 2. The van der Waals surface area contributed by atoms with Crippen LogP contribution >= 0.6 is 0 Å². The number of rotatable bonds is 6. The van der Waals surface area contributed by atoms with Gasteiger partial charge in [-0.05, 0) is 30.3 Å². The van der Waals surface area contributed by atoms with E-state index in [2.05, 4.69) is 10.3 Å². The summed E-state index contributed by atoms with van der Waals surface area (Å²) in [6.45, 7) is 0.778. The number of nitrogens with zero attached hydrogens (tertiary/aromatic N) is 1. The summed E-state index contributed by atoms with van der Waals surface area (Å²) in [6.07, 6.45) is 1.44. The maximum absolute atomic E-state index is 14.0. The molecule has 0 spiro atoms. The molecule has 0 unspecified atom stereocenters. The molecule has 0 aliphatic rings. The van der Waals surface area contributed by atoms with Crippen molar-refractivity contribution >= 4 is 16.6 Å². The molecule has 1 heterocycles. The zero-order valence-electron chi connectivity index (χ0n) is 13.1. The van der Waals surface area contributed by atoms with Crippen molar-refractivity contribution in [3.63, 3.8) is 0 Å². The third-order valence-corrected chi connectivity index (χ3v) is 3.52. The SMILES string of the molecule is COc1cccc(OCCNc2ccnc3c(F)ccc(F)c23)c1. The normalized spacial score (nSPS) is 10.6. The van der Waals surface area contributed by atoms with Crippen LogP contribution in [0.25, 0.3) is 10.9 Å². The molecule has 6 heteroatoms. The van der Waals surface area contributed by atoms with Crippen molar-refractivity contribution in [1.82, 2.24) is 4.98 Å². The van der Waals surface area contributed by atoms with Crippen LogP contribution in [0.3, 0.4) is 0 Å². The zero-order valence-corrected chi connectivity index (χ0v) is 13.1. The molecule has 2 aromatic carbocycles. The highest BCUT2D eigenvalue weighted by atomic mass is 19.1. The number of pyridine rings is 1. The summed E-state index contributed by atoms with van der Waals surface area (Å²) in [6, 6.07) is 11.0. The molecule has 1 N–H and O–H groups in total. The van der Waals surface area contributed by atoms with E-state index in [-0.39, 0.29) is 10.9 Å². The Kier molecular flexibility index (Phi) is 4.74. The average Bonchev–Trinajstić information content (AvgIpc) is 2.62. The quantitative estimate of drug-likeness (QED) is 0.694. The Bertz CT molecular complexity index is 856. The van der Waals surface area contributed by atoms with Gasteiger partial charge in [0.1, 0.15) is 35.3 Å². The molecule has 0 bridgehead atoms. The first-order valence-corrected chi connectivity index (χ1v) is 7.42. The second-order valence-corrected chi connectivity index (χ2v) is 5.07. The molecule has 0 atom stereocenters. The second kappa shape index (κ2) is 7.12. The molecular formula is C18H16F2N2O2. The maximum atomic E-state index is 14.0. The lowest BCUT2D eigenvalue weighted by Crippen LogP contribution is -2.12. The number of methoxy groups -OCH3 is 1. The molecule has 0 fully saturated rings. The van der Waals surface area contributed by atoms with E-state index in [1.165, 1.54) is 6.20 Å². The Morgan fingerprint density at radius 2 is 1.83 bits per heavy atom. The minimum absolute atomic E-state index is 0.00807. The van der Waals surface area contributed by atoms with Gasteiger partial charge >= 0.3 is 0 Å². The summed E-state index contributed by atoms with van der Waals surface area (Å²) in [5.41, 5.74) is 0.486. The standard InChI is InChI=1S/C18H16F2N2O2/c1-23-12-3-2-4-13(11-12)24-10-9-21-16-7-8-22-18-15(20)6-5-14(19)17(16)18/h2-8,11H,9-10H2,1H3,(H,21,22). The predicted molar refractivity (Wildman–Crippen MR) is 88.6 cm³/mol. The van der Waals surface area contributed by atoms with Crippen LogP contribution in [0, 0.1) is 11.6 Å². The number of halogens is 2. The van der Waals surface area contributed by atoms with Crippen molar-refractivity contribution in [1.29, 1.82) is 0 Å². The highest BCUT2D eigenvalue weighted by Crippen LogP contribution is 2.26. The summed E-state index contributed by atoms with van der Waals surface area (Å²) < 4.78 is 38.5. The van der Waals surface area contributed by atoms with Crippen molar-refractivity contribution in [3.8, 4) is 11.5 Å². The number of nitrogens with one attached hydrogen (secondary N) is 1. The number of hydrogen-bond donors (Lipinski definition) is 1. The van der Waals surface area contributed by atoms with Gasteiger partial charge in [0.25, 0.3) is 0 Å². The lowest BCUT2D eigenvalue weighted by atomic mass is 10.1. The lowest BCUT2D eigenvalue weighted by molar-refractivity contribution is 0.329. The Morgan fingerprint density at radius 3 is 2.67 bits per heavy atom. The van der Waals surface area contributed by atoms with Gasteiger partial charge in [-0.2, -0.15) is 0 Å². The summed E-state index contributed by atoms with van der Waals surface area (Å²) in [7, 11) is 1.59. The first kappa shape index (κ1) is 16.0. The van der Waals surface area contributed by atoms with Crippen molar-refractivity contribution < 1.29 is 18.3 Å². The largest absolute Gasteiger partial charge is 0.497 e. The lowest BCUT2D eigenvalue weighted by Gasteiger charge is -2.12. The summed E-state index contributed by atoms with van der Waals surface area (Å²) in [5.74, 6) is 0.310. The number of fused-ring (bicyclic) bond motifs is 1. The molecule has 0 aliphatic carbocycles. The van der Waals surface area contributed by atoms with Gasteiger partial charge in [-0.15, -0.1) is 0 Å². The highest BCUT2D eigenvalue weighted by molar-refractivity contribution is 5.91. The molecule has 0 saturated carbocycles. The highest BCUT2D eigenvalue weighted by Gasteiger charge is 2.11. The van der Waals surface area contributed by atoms with Crippen LogP contribution in [0.5, 0.6) is 11.5 Å². The zero-order chi connectivity index (χ0) is 16.9. The van der Waals surface area contributed by atoms with Crippen LogP contribution in [0.4, 0.5) is 14.5 Å². The van der Waals surface area contributed by atoms with Gasteiger partial charge in [0.15, 0.2) is 0 Å². The molecular weight excluding hydrogens is 314 g/mol. The Morgan fingerprint density at radius 1 is 1.04 bits per heavy atom. The van der Waals surface area contributed by atoms with Crippen LogP contribution in [-0.4, -0.2) is 25.2 Å². The average molecular weight is 330 g/mol. The van der Waals surface area contributed by atoms with Crippen LogP contribution in [0.15, 0.2) is 48.7 Å². The molecule has 24 heavy (non-hydrogen) atoms. The third-order valence-electron chi connectivity index (χ3n) is 3.52. The minimum Gasteiger partial charge on any atom is -0.497 e. The molecule has 0 amide bonds. The fourth-order valence-corrected chi connectivity index (χ4v) is 2.39. The van der Waals surface area contributed by atoms with Gasteiger partial charge in [-0.25, -0.2) is 8.78 Å². The van der Waals surface area contributed by atoms with Gasteiger partial charge in [-0.1, -0.05) is 6.07 Å². The van der Waals surface area contributed by atoms with Gasteiger partial charge in [0, 0.05) is 24.5 Å². The monoisotopic (exact) mass is 330 g/mol. The van der Waals surface area contributed by atoms with Crippen molar-refractivity contribution in [2.45, 2.75) is 0 Å². The fourth-order valence-electron chi connectivity index (χ4n) is 2.39. The Labute approximate surface area is 138 Å². The molecule has 3 rings (SSSR count). The predicted octanol–water partition coefficient (Wildman–Crippen LogP) is 4.01. The van der Waals surface area contributed by atoms with Crippen molar-refractivity contribution in [3.05, 3.63) is 60.3 Å². The number of hydrogen-bond acceptors (Lipinski definition) is 4. The smallest absolute Gasteiger partial charge is 0.149 e.